The van der Waals surface area contributed by atoms with Crippen molar-refractivity contribution >= 4 is 17.9 Å². The Morgan fingerprint density at radius 3 is 0.829 bits per heavy atom. The van der Waals surface area contributed by atoms with Crippen LogP contribution in [0.5, 0.6) is 0 Å². The summed E-state index contributed by atoms with van der Waals surface area (Å²) in [6, 6.07) is 0. The summed E-state index contributed by atoms with van der Waals surface area (Å²) in [5.41, 5.74) is 0. The Kier molecular flexibility index (Phi) is 61.2. The minimum Gasteiger partial charge on any atom is -0.462 e. The van der Waals surface area contributed by atoms with E-state index in [9.17, 15) is 14.4 Å². The minimum atomic E-state index is -0.791. The monoisotopic (exact) mass is 1060 g/mol. The van der Waals surface area contributed by atoms with Crippen molar-refractivity contribution in [2.45, 2.75) is 329 Å². The second-order valence-corrected chi connectivity index (χ2v) is 21.6. The molecular formula is C70H122O6. The van der Waals surface area contributed by atoms with Gasteiger partial charge in [-0.2, -0.15) is 0 Å². The molecule has 0 N–H and O–H groups in total. The fourth-order valence-corrected chi connectivity index (χ4v) is 9.23. The van der Waals surface area contributed by atoms with E-state index in [0.29, 0.717) is 19.3 Å². The fraction of sp³-hybridized carbons (Fsp3) is 0.757. The molecule has 0 amide bonds. The molecule has 0 heterocycles. The van der Waals surface area contributed by atoms with Crippen LogP contribution in [0.3, 0.4) is 0 Å². The number of carbonyl (C=O) groups is 3. The lowest BCUT2D eigenvalue weighted by molar-refractivity contribution is -0.167. The predicted molar refractivity (Wildman–Crippen MR) is 330 cm³/mol. The highest BCUT2D eigenvalue weighted by molar-refractivity contribution is 5.71. The maximum atomic E-state index is 12.9. The van der Waals surface area contributed by atoms with Crippen molar-refractivity contribution in [1.29, 1.82) is 0 Å². The molecule has 0 rings (SSSR count). The number of hydrogen-bond acceptors (Lipinski definition) is 6. The number of ether oxygens (including phenoxy) is 3. The third-order valence-corrected chi connectivity index (χ3v) is 14.1. The van der Waals surface area contributed by atoms with E-state index in [2.05, 4.69) is 106 Å². The molecule has 0 saturated carbocycles. The molecule has 0 aliphatic heterocycles. The fourth-order valence-electron chi connectivity index (χ4n) is 9.23. The molecule has 0 aromatic rings. The zero-order valence-corrected chi connectivity index (χ0v) is 50.3. The van der Waals surface area contributed by atoms with Gasteiger partial charge in [0.2, 0.25) is 0 Å². The lowest BCUT2D eigenvalue weighted by Gasteiger charge is -2.18. The van der Waals surface area contributed by atoms with E-state index < -0.39 is 6.10 Å². The topological polar surface area (TPSA) is 78.9 Å². The normalized spacial score (nSPS) is 12.6. The van der Waals surface area contributed by atoms with Crippen LogP contribution in [0.1, 0.15) is 323 Å². The van der Waals surface area contributed by atoms with Gasteiger partial charge in [0.05, 0.1) is 0 Å². The number of unbranched alkanes of at least 4 members (excludes halogenated alkanes) is 34. The Labute approximate surface area is 471 Å². The number of carbonyl (C=O) groups excluding carboxylic acids is 3. The average Bonchev–Trinajstić information content (AvgIpc) is 3.42. The first-order valence-electron chi connectivity index (χ1n) is 32.6. The first-order chi connectivity index (χ1) is 37.5. The van der Waals surface area contributed by atoms with E-state index in [4.69, 9.17) is 14.2 Å². The summed E-state index contributed by atoms with van der Waals surface area (Å²) in [7, 11) is 0. The van der Waals surface area contributed by atoms with E-state index in [1.54, 1.807) is 0 Å². The van der Waals surface area contributed by atoms with Gasteiger partial charge in [-0.1, -0.05) is 273 Å². The molecule has 0 bridgehead atoms. The van der Waals surface area contributed by atoms with E-state index in [0.717, 1.165) is 109 Å². The standard InChI is InChI=1S/C70H122O6/c1-4-7-10-13-16-19-22-25-28-31-34-35-37-39-42-45-48-51-54-57-60-63-69(72)75-66-67(65-74-68(71)62-59-56-53-50-47-44-41-38-33-30-27-24-21-18-15-12-9-6-3)76-70(73)64-61-58-55-52-49-46-43-40-36-32-29-26-23-20-17-14-11-8-5-2/h8,11,17,20-21,24,26,29-31,33-34,36,40,67H,4-7,9-10,12-16,18-19,22-23,25,27-28,32,35,37-39,41-66H2,1-3H3/b11-8-,20-17-,24-21-,29-26-,33-30-,34-31-,40-36-. The molecule has 0 aliphatic rings. The number of rotatable bonds is 59. The van der Waals surface area contributed by atoms with Crippen LogP contribution in [0.4, 0.5) is 0 Å². The Balaban J connectivity index is 4.41. The lowest BCUT2D eigenvalue weighted by atomic mass is 10.1. The highest BCUT2D eigenvalue weighted by atomic mass is 16.6. The molecule has 0 radical (unpaired) electrons. The van der Waals surface area contributed by atoms with E-state index in [1.807, 2.05) is 0 Å². The molecule has 0 aromatic carbocycles. The van der Waals surface area contributed by atoms with Gasteiger partial charge in [-0.15, -0.1) is 0 Å². The molecule has 0 aliphatic carbocycles. The predicted octanol–water partition coefficient (Wildman–Crippen LogP) is 22.3. The van der Waals surface area contributed by atoms with Crippen LogP contribution in [-0.4, -0.2) is 37.2 Å². The van der Waals surface area contributed by atoms with Crippen LogP contribution in [0, 0.1) is 0 Å². The van der Waals surface area contributed by atoms with Crippen molar-refractivity contribution < 1.29 is 28.6 Å². The quantitative estimate of drug-likeness (QED) is 0.0261. The van der Waals surface area contributed by atoms with Crippen molar-refractivity contribution in [2.24, 2.45) is 0 Å². The molecular weight excluding hydrogens is 937 g/mol. The summed E-state index contributed by atoms with van der Waals surface area (Å²) in [5, 5.41) is 0. The summed E-state index contributed by atoms with van der Waals surface area (Å²) < 4.78 is 16.9. The Morgan fingerprint density at radius 2 is 0.513 bits per heavy atom. The second kappa shape index (κ2) is 64.1. The number of esters is 3. The van der Waals surface area contributed by atoms with Crippen LogP contribution in [0.2, 0.25) is 0 Å². The molecule has 0 aromatic heterocycles. The molecule has 6 nitrogen and oxygen atoms in total. The van der Waals surface area contributed by atoms with Crippen LogP contribution >= 0.6 is 0 Å². The first-order valence-corrected chi connectivity index (χ1v) is 32.6. The van der Waals surface area contributed by atoms with Gasteiger partial charge in [0.15, 0.2) is 6.10 Å². The third kappa shape index (κ3) is 61.4. The molecule has 0 fully saturated rings. The molecule has 438 valence electrons. The van der Waals surface area contributed by atoms with Gasteiger partial charge in [-0.3, -0.25) is 14.4 Å². The largest absolute Gasteiger partial charge is 0.462 e. The van der Waals surface area contributed by atoms with Gasteiger partial charge >= 0.3 is 17.9 Å². The summed E-state index contributed by atoms with van der Waals surface area (Å²) in [6.45, 7) is 6.53. The van der Waals surface area contributed by atoms with Crippen molar-refractivity contribution in [1.82, 2.24) is 0 Å². The van der Waals surface area contributed by atoms with E-state index in [-0.39, 0.29) is 31.1 Å². The Morgan fingerprint density at radius 1 is 0.276 bits per heavy atom. The van der Waals surface area contributed by atoms with E-state index in [1.165, 1.54) is 173 Å². The van der Waals surface area contributed by atoms with Crippen molar-refractivity contribution in [3.8, 4) is 0 Å². The minimum absolute atomic E-state index is 0.0851. The van der Waals surface area contributed by atoms with Crippen molar-refractivity contribution in [3.63, 3.8) is 0 Å². The van der Waals surface area contributed by atoms with Gasteiger partial charge in [0.1, 0.15) is 13.2 Å². The molecule has 0 saturated heterocycles. The van der Waals surface area contributed by atoms with E-state index >= 15 is 0 Å². The Hall–Kier alpha value is -3.41. The zero-order valence-electron chi connectivity index (χ0n) is 50.3. The number of hydrogen-bond donors (Lipinski definition) is 0. The summed E-state index contributed by atoms with van der Waals surface area (Å²) in [6.07, 6.45) is 84.4. The smallest absolute Gasteiger partial charge is 0.306 e. The van der Waals surface area contributed by atoms with Gasteiger partial charge in [0.25, 0.3) is 0 Å². The molecule has 1 unspecified atom stereocenters. The SMILES string of the molecule is CC/C=C\C/C=C\C/C=C\C/C=C\CCCCCCCCC(=O)OC(COC(=O)CCCCCCCCC/C=C\C/C=C\CCCCCC)COC(=O)CCCCCCCCCCC/C=C\CCCCCCCCCC. The van der Waals surface area contributed by atoms with Gasteiger partial charge in [-0.25, -0.2) is 0 Å². The van der Waals surface area contributed by atoms with Crippen LogP contribution < -0.4 is 0 Å². The molecule has 6 heteroatoms. The van der Waals surface area contributed by atoms with Crippen molar-refractivity contribution in [2.75, 3.05) is 13.2 Å². The van der Waals surface area contributed by atoms with Gasteiger partial charge in [-0.05, 0) is 116 Å². The van der Waals surface area contributed by atoms with Crippen LogP contribution in [0.15, 0.2) is 85.1 Å². The second-order valence-electron chi connectivity index (χ2n) is 21.6. The maximum Gasteiger partial charge on any atom is 0.306 e. The van der Waals surface area contributed by atoms with Crippen LogP contribution in [0.25, 0.3) is 0 Å². The van der Waals surface area contributed by atoms with Gasteiger partial charge < -0.3 is 14.2 Å². The van der Waals surface area contributed by atoms with Crippen LogP contribution in [-0.2, 0) is 28.6 Å². The Bertz CT molecular complexity index is 1450. The summed E-state index contributed by atoms with van der Waals surface area (Å²) in [4.78, 5) is 38.4. The molecule has 1 atom stereocenters. The number of allylic oxidation sites excluding steroid dienone is 14. The molecule has 0 spiro atoms. The first kappa shape index (κ1) is 72.6. The van der Waals surface area contributed by atoms with Gasteiger partial charge in [0, 0.05) is 19.3 Å². The highest BCUT2D eigenvalue weighted by Crippen LogP contribution is 2.16. The summed E-state index contributed by atoms with van der Waals surface area (Å²) >= 11 is 0. The molecule has 76 heavy (non-hydrogen) atoms. The summed E-state index contributed by atoms with van der Waals surface area (Å²) in [5.74, 6) is -0.896. The zero-order chi connectivity index (χ0) is 55.0. The maximum absolute atomic E-state index is 12.9. The third-order valence-electron chi connectivity index (χ3n) is 14.1. The lowest BCUT2D eigenvalue weighted by Crippen LogP contribution is -2.30. The average molecular weight is 1060 g/mol. The highest BCUT2D eigenvalue weighted by Gasteiger charge is 2.19. The van der Waals surface area contributed by atoms with Crippen molar-refractivity contribution in [3.05, 3.63) is 85.1 Å².